The molecule has 0 unspecified atom stereocenters. The molecule has 6 N–H and O–H groups in total. The number of nitrogens with one attached hydrogen (secondary N) is 1. The topological polar surface area (TPSA) is 353 Å². The van der Waals surface area contributed by atoms with Crippen LogP contribution in [0.3, 0.4) is 0 Å². The van der Waals surface area contributed by atoms with Crippen LogP contribution in [-0.2, 0) is 49.7 Å². The van der Waals surface area contributed by atoms with E-state index in [-0.39, 0.29) is 74.0 Å². The van der Waals surface area contributed by atoms with Gasteiger partial charge < -0.3 is 35.6 Å². The minimum Gasteiger partial charge on any atom is -0.484 e. The monoisotopic (exact) mass is 1170 g/mol. The summed E-state index contributed by atoms with van der Waals surface area (Å²) in [6.07, 6.45) is 25.9. The molecule has 0 aliphatic rings. The number of para-hydroxylation sites is 1. The number of unbranched alkanes of at least 4 members (excludes halogenated alkanes) is 9. The van der Waals surface area contributed by atoms with Crippen LogP contribution in [0, 0.1) is 0 Å². The molecule has 6 rings (SSSR count). The Kier molecular flexibility index (Phi) is 34.8. The van der Waals surface area contributed by atoms with Crippen molar-refractivity contribution in [3.63, 3.8) is 0 Å². The quantitative estimate of drug-likeness (QED) is 0.0157. The molecule has 0 saturated heterocycles. The lowest BCUT2D eigenvalue weighted by atomic mass is 10.0. The molecule has 0 atom stereocenters. The third kappa shape index (κ3) is 33.3. The Morgan fingerprint density at radius 3 is 1.25 bits per heavy atom. The second kappa shape index (κ2) is 42.4. The summed E-state index contributed by atoms with van der Waals surface area (Å²) in [6.45, 7) is 0.665. The van der Waals surface area contributed by atoms with Crippen LogP contribution < -0.4 is 10.1 Å². The molecular formula is C63H75N7O15. The van der Waals surface area contributed by atoms with Gasteiger partial charge in [-0.1, -0.05) is 112 Å². The molecule has 0 aliphatic heterocycles. The van der Waals surface area contributed by atoms with E-state index in [1.54, 1.807) is 18.3 Å². The zero-order valence-corrected chi connectivity index (χ0v) is 47.6. The summed E-state index contributed by atoms with van der Waals surface area (Å²) < 4.78 is 5.33. The van der Waals surface area contributed by atoms with Crippen molar-refractivity contribution in [3.8, 4) is 5.75 Å². The normalized spacial score (nSPS) is 10.3. The minimum atomic E-state index is -1.29. The lowest BCUT2D eigenvalue weighted by molar-refractivity contribution is -0.138. The maximum absolute atomic E-state index is 12.2. The number of carboxylic acid groups (broad SMARTS) is 5. The summed E-state index contributed by atoms with van der Waals surface area (Å²) in [5.41, 5.74) is 3.98. The van der Waals surface area contributed by atoms with Gasteiger partial charge in [-0.15, -0.1) is 0 Å². The van der Waals surface area contributed by atoms with Crippen LogP contribution in [-0.4, -0.2) is 122 Å². The Hall–Kier alpha value is -9.47. The molecule has 0 radical (unpaired) electrons. The summed E-state index contributed by atoms with van der Waals surface area (Å²) in [7, 11) is 0. The number of aryl methyl sites for hydroxylation is 2. The second-order valence-corrected chi connectivity index (χ2v) is 19.4. The Labute approximate surface area is 493 Å². The number of Topliss-reactive ketones (excluding diaryl/α,β-unsaturated/α-hetero) is 3. The first-order valence-corrected chi connectivity index (χ1v) is 28.1. The molecule has 22 heteroatoms. The van der Waals surface area contributed by atoms with Crippen LogP contribution in [0.5, 0.6) is 5.75 Å². The fourth-order valence-electron chi connectivity index (χ4n) is 7.94. The molecule has 85 heavy (non-hydrogen) atoms. The standard InChI is InChI=1S/C17H16N2O5.C16H16N2O3.C16H23NO4.C14H20N2O3/c20-13(15-16(17(23)24)19-9-8-18-15)10-12-6-4-11(5-7-12)2-1-3-14(21)22;19-15(14-11-17-8-9-18-14)10-13-6-4-12(5-7-13)2-1-3-16(20)21;18-15(13-21-14-9-5-4-6-10-14)17-12-8-3-1-2-7-11-16(19)20;17-13(12-11-15-9-10-16-12)7-5-3-1-2-4-6-8-14(18)19/h4-9H,1-3,10H2,(H,21,22)(H,23,24);4-9,11H,1-3,10H2,(H,20,21);4-6,9-10H,1-3,7-8,11-13H2,(H,17,18)(H,19,20);9-11H,1-8H2,(H,18,19). The Morgan fingerprint density at radius 2 is 0.788 bits per heavy atom. The van der Waals surface area contributed by atoms with Crippen molar-refractivity contribution in [1.82, 2.24) is 35.2 Å². The van der Waals surface area contributed by atoms with Crippen molar-refractivity contribution in [2.45, 2.75) is 141 Å². The second-order valence-electron chi connectivity index (χ2n) is 19.4. The van der Waals surface area contributed by atoms with E-state index >= 15 is 0 Å². The first-order valence-electron chi connectivity index (χ1n) is 28.1. The average molecular weight is 1170 g/mol. The van der Waals surface area contributed by atoms with Gasteiger partial charge in [-0.05, 0) is 85.8 Å². The van der Waals surface area contributed by atoms with Gasteiger partial charge in [0.2, 0.25) is 0 Å². The molecule has 452 valence electrons. The number of ether oxygens (including phenoxy) is 1. The summed E-state index contributed by atoms with van der Waals surface area (Å²) >= 11 is 0. The van der Waals surface area contributed by atoms with Gasteiger partial charge in [0, 0.05) is 88.7 Å². The number of aliphatic carboxylic acids is 4. The number of carboxylic acids is 5. The highest BCUT2D eigenvalue weighted by molar-refractivity contribution is 6.04. The highest BCUT2D eigenvalue weighted by Crippen LogP contribution is 2.15. The summed E-state index contributed by atoms with van der Waals surface area (Å²) in [6, 6.07) is 24.1. The van der Waals surface area contributed by atoms with Crippen LogP contribution in [0.2, 0.25) is 0 Å². The molecule has 0 aliphatic carbocycles. The predicted molar refractivity (Wildman–Crippen MR) is 312 cm³/mol. The molecule has 22 nitrogen and oxygen atoms in total. The highest BCUT2D eigenvalue weighted by atomic mass is 16.5. The number of carbonyl (C=O) groups excluding carboxylic acids is 4. The molecule has 0 saturated carbocycles. The third-order valence-electron chi connectivity index (χ3n) is 12.4. The Balaban J connectivity index is 0.000000298. The van der Waals surface area contributed by atoms with Gasteiger partial charge in [-0.3, -0.25) is 48.3 Å². The molecule has 0 bridgehead atoms. The first-order chi connectivity index (χ1) is 41.0. The van der Waals surface area contributed by atoms with Crippen LogP contribution >= 0.6 is 0 Å². The number of carbonyl (C=O) groups is 9. The fourth-order valence-corrected chi connectivity index (χ4v) is 7.94. The summed E-state index contributed by atoms with van der Waals surface area (Å²) in [5.74, 6) is -4.23. The number of nitrogens with zero attached hydrogens (tertiary/aromatic N) is 6. The molecule has 0 fully saturated rings. The van der Waals surface area contributed by atoms with Gasteiger partial charge in [0.25, 0.3) is 5.91 Å². The van der Waals surface area contributed by atoms with Crippen molar-refractivity contribution in [2.75, 3.05) is 13.2 Å². The zero-order valence-electron chi connectivity index (χ0n) is 47.6. The van der Waals surface area contributed by atoms with E-state index in [0.29, 0.717) is 49.4 Å². The van der Waals surface area contributed by atoms with E-state index in [4.69, 9.17) is 30.3 Å². The molecule has 3 heterocycles. The average Bonchev–Trinajstić information content (AvgIpc) is 3.54. The van der Waals surface area contributed by atoms with E-state index in [1.165, 1.54) is 43.4 Å². The highest BCUT2D eigenvalue weighted by Gasteiger charge is 2.20. The molecule has 3 aromatic heterocycles. The van der Waals surface area contributed by atoms with Gasteiger partial charge in [-0.2, -0.15) is 0 Å². The molecule has 1 amide bonds. The van der Waals surface area contributed by atoms with Crippen LogP contribution in [0.4, 0.5) is 0 Å². The zero-order chi connectivity index (χ0) is 61.9. The number of hydrogen-bond donors (Lipinski definition) is 6. The van der Waals surface area contributed by atoms with Gasteiger partial charge >= 0.3 is 29.8 Å². The number of ketones is 3. The van der Waals surface area contributed by atoms with E-state index in [2.05, 4.69) is 35.2 Å². The fraction of sp³-hybridized carbons (Fsp3) is 0.381. The van der Waals surface area contributed by atoms with Crippen molar-refractivity contribution in [2.24, 2.45) is 0 Å². The molecule has 0 spiro atoms. The van der Waals surface area contributed by atoms with Gasteiger partial charge in [0.15, 0.2) is 29.7 Å². The molecule has 3 aromatic carbocycles. The lowest BCUT2D eigenvalue weighted by Crippen LogP contribution is -2.29. The summed E-state index contributed by atoms with van der Waals surface area (Å²) in [4.78, 5) is 123. The lowest BCUT2D eigenvalue weighted by Gasteiger charge is -2.07. The molecular weight excluding hydrogens is 1090 g/mol. The number of aromatic nitrogens is 6. The minimum absolute atomic E-state index is 0.0222. The van der Waals surface area contributed by atoms with E-state index in [0.717, 1.165) is 99.3 Å². The van der Waals surface area contributed by atoms with Crippen LogP contribution in [0.25, 0.3) is 0 Å². The van der Waals surface area contributed by atoms with E-state index in [1.807, 2.05) is 66.7 Å². The number of aromatic carboxylic acids is 1. The SMILES string of the molecule is O=C(O)CCCCCCCCC(=O)c1cnccn1.O=C(O)CCCCCCCNC(=O)COc1ccccc1.O=C(O)CCCc1ccc(CC(=O)c2cnccn2)cc1.O=C(O)CCCc1ccc(CC(=O)c2nccnc2C(=O)O)cc1. The van der Waals surface area contributed by atoms with Crippen LogP contribution in [0.1, 0.15) is 180 Å². The number of rotatable bonds is 36. The molecule has 6 aromatic rings. The van der Waals surface area contributed by atoms with Crippen molar-refractivity contribution < 1.29 is 73.4 Å². The smallest absolute Gasteiger partial charge is 0.356 e. The van der Waals surface area contributed by atoms with Crippen molar-refractivity contribution in [3.05, 3.63) is 173 Å². The van der Waals surface area contributed by atoms with Crippen molar-refractivity contribution in [1.29, 1.82) is 0 Å². The predicted octanol–water partition coefficient (Wildman–Crippen LogP) is 9.79. The third-order valence-corrected chi connectivity index (χ3v) is 12.4. The number of hydrogen-bond acceptors (Lipinski definition) is 16. The van der Waals surface area contributed by atoms with Gasteiger partial charge in [0.1, 0.15) is 22.8 Å². The number of amides is 1. The maximum Gasteiger partial charge on any atom is 0.356 e. The van der Waals surface area contributed by atoms with Gasteiger partial charge in [-0.25, -0.2) is 24.7 Å². The van der Waals surface area contributed by atoms with Gasteiger partial charge in [0.05, 0.1) is 12.4 Å². The van der Waals surface area contributed by atoms with E-state index < -0.39 is 35.6 Å². The Morgan fingerprint density at radius 1 is 0.388 bits per heavy atom. The first kappa shape index (κ1) is 69.8. The van der Waals surface area contributed by atoms with Crippen LogP contribution in [0.15, 0.2) is 128 Å². The van der Waals surface area contributed by atoms with E-state index in [9.17, 15) is 43.2 Å². The summed E-state index contributed by atoms with van der Waals surface area (Å²) in [5, 5.41) is 46.0. The Bertz CT molecular complexity index is 2970. The van der Waals surface area contributed by atoms with Crippen molar-refractivity contribution >= 4 is 53.1 Å². The number of benzene rings is 3. The maximum atomic E-state index is 12.2. The largest absolute Gasteiger partial charge is 0.484 e.